The SMILES string of the molecule is COCc1c(C(=O)Nc2ccc(F)c(C#N)c2)cc(C(=O)C=O)n1C. The smallest absolute Gasteiger partial charge is 0.257 e. The van der Waals surface area contributed by atoms with Gasteiger partial charge in [-0.15, -0.1) is 0 Å². The number of ether oxygens (including phenoxy) is 1. The molecule has 0 aliphatic heterocycles. The Hall–Kier alpha value is -3.31. The number of hydrogen-bond donors (Lipinski definition) is 1. The number of rotatable bonds is 6. The number of nitrogens with one attached hydrogen (secondary N) is 1. The normalized spacial score (nSPS) is 10.2. The van der Waals surface area contributed by atoms with Gasteiger partial charge >= 0.3 is 0 Å². The summed E-state index contributed by atoms with van der Waals surface area (Å²) in [5, 5.41) is 11.4. The van der Waals surface area contributed by atoms with Gasteiger partial charge in [0.05, 0.1) is 29.1 Å². The number of benzene rings is 1. The average molecular weight is 343 g/mol. The highest BCUT2D eigenvalue weighted by Crippen LogP contribution is 2.20. The van der Waals surface area contributed by atoms with Gasteiger partial charge in [0, 0.05) is 19.8 Å². The summed E-state index contributed by atoms with van der Waals surface area (Å²) in [7, 11) is 2.96. The van der Waals surface area contributed by atoms with Crippen LogP contribution in [0.3, 0.4) is 0 Å². The van der Waals surface area contributed by atoms with E-state index in [1.54, 1.807) is 6.07 Å². The van der Waals surface area contributed by atoms with Crippen LogP contribution >= 0.6 is 0 Å². The molecule has 1 N–H and O–H groups in total. The molecule has 0 bridgehead atoms. The van der Waals surface area contributed by atoms with Crippen LogP contribution in [-0.2, 0) is 23.2 Å². The highest BCUT2D eigenvalue weighted by molar-refractivity contribution is 6.33. The number of aromatic nitrogens is 1. The Morgan fingerprint density at radius 1 is 1.40 bits per heavy atom. The van der Waals surface area contributed by atoms with E-state index >= 15 is 0 Å². The molecule has 0 fully saturated rings. The molecule has 0 saturated carbocycles. The molecule has 2 rings (SSSR count). The summed E-state index contributed by atoms with van der Waals surface area (Å²) < 4.78 is 19.8. The van der Waals surface area contributed by atoms with Crippen LogP contribution in [0.5, 0.6) is 0 Å². The molecule has 0 atom stereocenters. The second-order valence-electron chi connectivity index (χ2n) is 5.12. The van der Waals surface area contributed by atoms with Crippen molar-refractivity contribution in [1.82, 2.24) is 4.57 Å². The first-order valence-electron chi connectivity index (χ1n) is 7.11. The Morgan fingerprint density at radius 3 is 2.72 bits per heavy atom. The minimum atomic E-state index is -0.771. The van der Waals surface area contributed by atoms with Crippen molar-refractivity contribution in [3.8, 4) is 6.07 Å². The van der Waals surface area contributed by atoms with E-state index < -0.39 is 17.5 Å². The number of amides is 1. The molecule has 0 radical (unpaired) electrons. The molecule has 0 saturated heterocycles. The predicted molar refractivity (Wildman–Crippen MR) is 85.6 cm³/mol. The van der Waals surface area contributed by atoms with Crippen LogP contribution in [0.2, 0.25) is 0 Å². The van der Waals surface area contributed by atoms with Crippen LogP contribution in [0.4, 0.5) is 10.1 Å². The van der Waals surface area contributed by atoms with Crippen molar-refractivity contribution in [2.24, 2.45) is 7.05 Å². The van der Waals surface area contributed by atoms with Crippen LogP contribution in [0, 0.1) is 17.1 Å². The maximum atomic E-state index is 13.4. The molecular formula is C17H14FN3O4. The first-order chi connectivity index (χ1) is 11.9. The highest BCUT2D eigenvalue weighted by atomic mass is 19.1. The van der Waals surface area contributed by atoms with Gasteiger partial charge < -0.3 is 14.6 Å². The number of carbonyl (C=O) groups excluding carboxylic acids is 3. The quantitative estimate of drug-likeness (QED) is 0.490. The molecule has 7 nitrogen and oxygen atoms in total. The molecule has 0 aliphatic carbocycles. The van der Waals surface area contributed by atoms with E-state index in [0.29, 0.717) is 5.69 Å². The molecule has 1 amide bonds. The number of Topliss-reactive ketones (excluding diaryl/α,β-unsaturated/α-hetero) is 1. The zero-order valence-electron chi connectivity index (χ0n) is 13.5. The van der Waals surface area contributed by atoms with Gasteiger partial charge in [-0.1, -0.05) is 0 Å². The summed E-state index contributed by atoms with van der Waals surface area (Å²) in [4.78, 5) is 34.9. The summed E-state index contributed by atoms with van der Waals surface area (Å²) >= 11 is 0. The van der Waals surface area contributed by atoms with Crippen molar-refractivity contribution in [1.29, 1.82) is 5.26 Å². The lowest BCUT2D eigenvalue weighted by Crippen LogP contribution is -2.15. The summed E-state index contributed by atoms with van der Waals surface area (Å²) in [6, 6.07) is 6.54. The lowest BCUT2D eigenvalue weighted by atomic mass is 10.1. The Kier molecular flexibility index (Phi) is 5.41. The number of anilines is 1. The Labute approximate surface area is 142 Å². The topological polar surface area (TPSA) is 101 Å². The third-order valence-electron chi connectivity index (χ3n) is 3.59. The maximum absolute atomic E-state index is 13.4. The minimum Gasteiger partial charge on any atom is -0.378 e. The van der Waals surface area contributed by atoms with E-state index in [4.69, 9.17) is 10.00 Å². The number of nitrogens with zero attached hydrogens (tertiary/aromatic N) is 2. The maximum Gasteiger partial charge on any atom is 0.257 e. The van der Waals surface area contributed by atoms with Crippen molar-refractivity contribution >= 4 is 23.7 Å². The van der Waals surface area contributed by atoms with E-state index in [9.17, 15) is 18.8 Å². The zero-order chi connectivity index (χ0) is 18.6. The van der Waals surface area contributed by atoms with Gasteiger partial charge in [-0.25, -0.2) is 4.39 Å². The van der Waals surface area contributed by atoms with Gasteiger partial charge in [0.25, 0.3) is 5.91 Å². The second kappa shape index (κ2) is 7.51. The van der Waals surface area contributed by atoms with Gasteiger partial charge in [0.15, 0.2) is 6.29 Å². The van der Waals surface area contributed by atoms with E-state index in [1.165, 1.54) is 36.9 Å². The van der Waals surface area contributed by atoms with Gasteiger partial charge in [-0.05, 0) is 24.3 Å². The Balaban J connectivity index is 2.40. The number of methoxy groups -OCH3 is 1. The molecule has 128 valence electrons. The van der Waals surface area contributed by atoms with Crippen molar-refractivity contribution < 1.29 is 23.5 Å². The van der Waals surface area contributed by atoms with Gasteiger partial charge in [-0.2, -0.15) is 5.26 Å². The molecule has 0 unspecified atom stereocenters. The lowest BCUT2D eigenvalue weighted by Gasteiger charge is -2.09. The number of aldehydes is 1. The minimum absolute atomic E-state index is 0.0399. The standard InChI is InChI=1S/C17H14FN3O4/c1-21-14(16(23)8-22)6-12(15(21)9-25-2)17(24)20-11-3-4-13(18)10(5-11)7-19/h3-6,8H,9H2,1-2H3,(H,20,24). The fourth-order valence-electron chi connectivity index (χ4n) is 2.33. The number of nitriles is 1. The second-order valence-corrected chi connectivity index (χ2v) is 5.12. The van der Waals surface area contributed by atoms with Crippen LogP contribution in [0.25, 0.3) is 0 Å². The van der Waals surface area contributed by atoms with Crippen LogP contribution in [0.15, 0.2) is 24.3 Å². The van der Waals surface area contributed by atoms with Crippen LogP contribution in [0.1, 0.15) is 32.1 Å². The summed E-state index contributed by atoms with van der Waals surface area (Å²) in [5.41, 5.74) is 0.590. The molecule has 0 aliphatic rings. The molecule has 1 aromatic heterocycles. The van der Waals surface area contributed by atoms with Crippen LogP contribution in [-0.4, -0.2) is 29.7 Å². The molecule has 0 spiro atoms. The summed E-state index contributed by atoms with van der Waals surface area (Å²) in [5.74, 6) is -2.05. The lowest BCUT2D eigenvalue weighted by molar-refractivity contribution is -0.104. The monoisotopic (exact) mass is 343 g/mol. The van der Waals surface area contributed by atoms with E-state index in [2.05, 4.69) is 5.32 Å². The number of halogens is 1. The zero-order valence-corrected chi connectivity index (χ0v) is 13.5. The van der Waals surface area contributed by atoms with Crippen LogP contribution < -0.4 is 5.32 Å². The largest absolute Gasteiger partial charge is 0.378 e. The molecule has 1 aromatic carbocycles. The highest BCUT2D eigenvalue weighted by Gasteiger charge is 2.22. The number of ketones is 1. The van der Waals surface area contributed by atoms with E-state index in [1.807, 2.05) is 0 Å². The number of hydrogen-bond acceptors (Lipinski definition) is 5. The van der Waals surface area contributed by atoms with Gasteiger partial charge in [0.1, 0.15) is 11.9 Å². The van der Waals surface area contributed by atoms with Crippen molar-refractivity contribution in [2.75, 3.05) is 12.4 Å². The number of carbonyl (C=O) groups is 3. The fourth-order valence-corrected chi connectivity index (χ4v) is 2.33. The van der Waals surface area contributed by atoms with E-state index in [0.717, 1.165) is 6.07 Å². The molecule has 2 aromatic rings. The summed E-state index contributed by atoms with van der Waals surface area (Å²) in [6.07, 6.45) is 0.159. The predicted octanol–water partition coefficient (Wildman–Crippen LogP) is 1.82. The first-order valence-corrected chi connectivity index (χ1v) is 7.11. The molecule has 8 heteroatoms. The fraction of sp³-hybridized carbons (Fsp3) is 0.176. The third kappa shape index (κ3) is 3.62. The summed E-state index contributed by atoms with van der Waals surface area (Å²) in [6.45, 7) is 0.0399. The third-order valence-corrected chi connectivity index (χ3v) is 3.59. The van der Waals surface area contributed by atoms with Crippen molar-refractivity contribution in [3.05, 3.63) is 52.6 Å². The van der Waals surface area contributed by atoms with Crippen molar-refractivity contribution in [2.45, 2.75) is 6.61 Å². The Bertz CT molecular complexity index is 896. The molecule has 25 heavy (non-hydrogen) atoms. The Morgan fingerprint density at radius 2 is 2.12 bits per heavy atom. The van der Waals surface area contributed by atoms with E-state index in [-0.39, 0.29) is 35.4 Å². The van der Waals surface area contributed by atoms with Gasteiger partial charge in [-0.3, -0.25) is 14.4 Å². The molecule has 1 heterocycles. The molecular weight excluding hydrogens is 329 g/mol. The van der Waals surface area contributed by atoms with Crippen molar-refractivity contribution in [3.63, 3.8) is 0 Å². The average Bonchev–Trinajstić information content (AvgIpc) is 2.93. The first kappa shape index (κ1) is 18.0. The van der Waals surface area contributed by atoms with Gasteiger partial charge in [0.2, 0.25) is 5.78 Å².